The summed E-state index contributed by atoms with van der Waals surface area (Å²) in [5, 5.41) is 3.95. The van der Waals surface area contributed by atoms with Crippen LogP contribution in [0.5, 0.6) is 11.5 Å². The minimum Gasteiger partial charge on any atom is -0.493 e. The van der Waals surface area contributed by atoms with Crippen molar-refractivity contribution >= 4 is 33.5 Å². The fraction of sp³-hybridized carbons (Fsp3) is 0.143. The molecule has 0 fully saturated rings. The van der Waals surface area contributed by atoms with E-state index < -0.39 is 5.63 Å². The van der Waals surface area contributed by atoms with Crippen LogP contribution in [0.4, 0.5) is 5.69 Å². The van der Waals surface area contributed by atoms with Crippen LogP contribution >= 0.6 is 0 Å². The van der Waals surface area contributed by atoms with E-state index >= 15 is 0 Å². The summed E-state index contributed by atoms with van der Waals surface area (Å²) in [6, 6.07) is 13.9. The van der Waals surface area contributed by atoms with Gasteiger partial charge in [0.2, 0.25) is 0 Å². The van der Waals surface area contributed by atoms with Gasteiger partial charge in [-0.1, -0.05) is 12.1 Å². The maximum atomic E-state index is 12.9. The van der Waals surface area contributed by atoms with Crippen LogP contribution in [-0.2, 0) is 7.05 Å². The number of hydrogen-bond acceptors (Lipinski definition) is 5. The molecule has 1 amide bonds. The smallest absolute Gasteiger partial charge is 0.345 e. The summed E-state index contributed by atoms with van der Waals surface area (Å²) in [5.74, 6) is 0.715. The van der Waals surface area contributed by atoms with E-state index in [-0.39, 0.29) is 5.91 Å². The van der Waals surface area contributed by atoms with Gasteiger partial charge in [0.25, 0.3) is 5.91 Å². The van der Waals surface area contributed by atoms with Crippen LogP contribution in [0.1, 0.15) is 10.5 Å². The third-order valence-electron chi connectivity index (χ3n) is 4.67. The maximum absolute atomic E-state index is 12.9. The first kappa shape index (κ1) is 17.7. The monoisotopic (exact) mass is 378 g/mol. The molecule has 2 aromatic heterocycles. The molecule has 0 radical (unpaired) electrons. The highest BCUT2D eigenvalue weighted by Gasteiger charge is 2.19. The standard InChI is InChI=1S/C21H18N2O5/c1-23-15(20(24)22-12-8-9-17(26-2)18(10-12)27-3)11-14-19(23)13-6-4-5-7-16(13)28-21(14)25/h4-11H,1-3H3,(H,22,24). The Bertz CT molecular complexity index is 1270. The Morgan fingerprint density at radius 2 is 1.75 bits per heavy atom. The Morgan fingerprint density at radius 3 is 2.50 bits per heavy atom. The number of rotatable bonds is 4. The predicted octanol–water partition coefficient (Wildman–Crippen LogP) is 3.55. The molecule has 142 valence electrons. The molecule has 0 saturated heterocycles. The molecule has 7 nitrogen and oxygen atoms in total. The number of benzene rings is 2. The van der Waals surface area contributed by atoms with E-state index in [9.17, 15) is 9.59 Å². The highest BCUT2D eigenvalue weighted by atomic mass is 16.5. The fourth-order valence-corrected chi connectivity index (χ4v) is 3.32. The molecule has 28 heavy (non-hydrogen) atoms. The molecule has 0 bridgehead atoms. The second-order valence-electron chi connectivity index (χ2n) is 6.26. The zero-order chi connectivity index (χ0) is 19.8. The number of anilines is 1. The number of fused-ring (bicyclic) bond motifs is 3. The number of para-hydroxylation sites is 1. The number of hydrogen-bond donors (Lipinski definition) is 1. The normalized spacial score (nSPS) is 11.0. The van der Waals surface area contributed by atoms with Gasteiger partial charge in [-0.3, -0.25) is 4.79 Å². The number of nitrogens with zero attached hydrogens (tertiary/aromatic N) is 1. The van der Waals surface area contributed by atoms with Crippen LogP contribution in [0.15, 0.2) is 57.7 Å². The Balaban J connectivity index is 1.78. The second-order valence-corrected chi connectivity index (χ2v) is 6.26. The lowest BCUT2D eigenvalue weighted by Gasteiger charge is -2.11. The van der Waals surface area contributed by atoms with Gasteiger partial charge in [0.1, 0.15) is 11.3 Å². The molecule has 0 aliphatic carbocycles. The summed E-state index contributed by atoms with van der Waals surface area (Å²) < 4.78 is 17.5. The molecule has 0 unspecified atom stereocenters. The minimum absolute atomic E-state index is 0.341. The van der Waals surface area contributed by atoms with Crippen molar-refractivity contribution in [1.82, 2.24) is 4.57 Å². The summed E-state index contributed by atoms with van der Waals surface area (Å²) in [5.41, 5.74) is 1.55. The molecule has 2 heterocycles. The van der Waals surface area contributed by atoms with Crippen LogP contribution in [0.25, 0.3) is 21.9 Å². The summed E-state index contributed by atoms with van der Waals surface area (Å²) in [7, 11) is 4.82. The summed E-state index contributed by atoms with van der Waals surface area (Å²) in [4.78, 5) is 25.2. The zero-order valence-electron chi connectivity index (χ0n) is 15.6. The molecule has 4 aromatic rings. The SMILES string of the molecule is COc1ccc(NC(=O)c2cc3c(=O)oc4ccccc4c3n2C)cc1OC. The third kappa shape index (κ3) is 2.77. The second kappa shape index (κ2) is 6.77. The Hall–Kier alpha value is -3.74. The van der Waals surface area contributed by atoms with E-state index in [0.29, 0.717) is 39.4 Å². The van der Waals surface area contributed by atoms with Gasteiger partial charge in [-0.05, 0) is 30.3 Å². The summed E-state index contributed by atoms with van der Waals surface area (Å²) in [6.45, 7) is 0. The average molecular weight is 378 g/mol. The van der Waals surface area contributed by atoms with Crippen molar-refractivity contribution in [2.75, 3.05) is 19.5 Å². The number of carbonyl (C=O) groups excluding carboxylic acids is 1. The molecular formula is C21H18N2O5. The molecule has 7 heteroatoms. The van der Waals surface area contributed by atoms with Crippen molar-refractivity contribution in [3.63, 3.8) is 0 Å². The van der Waals surface area contributed by atoms with Gasteiger partial charge in [0.15, 0.2) is 11.5 Å². The first-order valence-electron chi connectivity index (χ1n) is 8.58. The molecule has 0 aliphatic heterocycles. The van der Waals surface area contributed by atoms with Gasteiger partial charge < -0.3 is 23.8 Å². The van der Waals surface area contributed by atoms with E-state index in [4.69, 9.17) is 13.9 Å². The van der Waals surface area contributed by atoms with Crippen molar-refractivity contribution < 1.29 is 18.7 Å². The predicted molar refractivity (Wildman–Crippen MR) is 106 cm³/mol. The van der Waals surface area contributed by atoms with E-state index in [1.165, 1.54) is 7.11 Å². The number of methoxy groups -OCH3 is 2. The van der Waals surface area contributed by atoms with Gasteiger partial charge in [-0.25, -0.2) is 4.79 Å². The topological polar surface area (TPSA) is 82.7 Å². The first-order chi connectivity index (χ1) is 13.5. The van der Waals surface area contributed by atoms with Crippen LogP contribution in [0, 0.1) is 0 Å². The van der Waals surface area contributed by atoms with E-state index in [1.807, 2.05) is 12.1 Å². The maximum Gasteiger partial charge on any atom is 0.345 e. The average Bonchev–Trinajstić information content (AvgIpc) is 3.06. The largest absolute Gasteiger partial charge is 0.493 e. The van der Waals surface area contributed by atoms with Crippen LogP contribution in [0.2, 0.25) is 0 Å². The third-order valence-corrected chi connectivity index (χ3v) is 4.67. The lowest BCUT2D eigenvalue weighted by atomic mass is 10.2. The van der Waals surface area contributed by atoms with Crippen LogP contribution in [-0.4, -0.2) is 24.7 Å². The van der Waals surface area contributed by atoms with Gasteiger partial charge in [0.05, 0.1) is 25.1 Å². The van der Waals surface area contributed by atoms with E-state index in [1.54, 1.807) is 55.1 Å². The molecule has 1 N–H and O–H groups in total. The summed E-state index contributed by atoms with van der Waals surface area (Å²) >= 11 is 0. The molecule has 0 atom stereocenters. The molecule has 4 rings (SSSR count). The number of ether oxygens (including phenoxy) is 2. The van der Waals surface area contributed by atoms with Crippen molar-refractivity contribution in [3.8, 4) is 11.5 Å². The number of aromatic nitrogens is 1. The van der Waals surface area contributed by atoms with Gasteiger partial charge in [-0.2, -0.15) is 0 Å². The molecule has 0 spiro atoms. The van der Waals surface area contributed by atoms with Crippen molar-refractivity contribution in [2.45, 2.75) is 0 Å². The number of amides is 1. The molecule has 0 saturated carbocycles. The van der Waals surface area contributed by atoms with Crippen LogP contribution in [0.3, 0.4) is 0 Å². The lowest BCUT2D eigenvalue weighted by Crippen LogP contribution is -2.15. The molecular weight excluding hydrogens is 360 g/mol. The highest BCUT2D eigenvalue weighted by molar-refractivity contribution is 6.10. The summed E-state index contributed by atoms with van der Waals surface area (Å²) in [6.07, 6.45) is 0. The van der Waals surface area contributed by atoms with E-state index in [2.05, 4.69) is 5.32 Å². The Labute approximate surface area is 160 Å². The van der Waals surface area contributed by atoms with Gasteiger partial charge in [-0.15, -0.1) is 0 Å². The van der Waals surface area contributed by atoms with Crippen LogP contribution < -0.4 is 20.4 Å². The van der Waals surface area contributed by atoms with E-state index in [0.717, 1.165) is 5.39 Å². The molecule has 0 aliphatic rings. The number of nitrogens with one attached hydrogen (secondary N) is 1. The highest BCUT2D eigenvalue weighted by Crippen LogP contribution is 2.30. The minimum atomic E-state index is -0.477. The Kier molecular flexibility index (Phi) is 4.27. The lowest BCUT2D eigenvalue weighted by molar-refractivity contribution is 0.101. The van der Waals surface area contributed by atoms with Crippen molar-refractivity contribution in [3.05, 3.63) is 64.6 Å². The van der Waals surface area contributed by atoms with Gasteiger partial charge in [0, 0.05) is 24.2 Å². The number of carbonyl (C=O) groups is 1. The van der Waals surface area contributed by atoms with Crippen molar-refractivity contribution in [2.24, 2.45) is 7.05 Å². The van der Waals surface area contributed by atoms with Gasteiger partial charge >= 0.3 is 5.63 Å². The molecule has 2 aromatic carbocycles. The fourth-order valence-electron chi connectivity index (χ4n) is 3.32. The Morgan fingerprint density at radius 1 is 1.00 bits per heavy atom. The quantitative estimate of drug-likeness (QED) is 0.549. The zero-order valence-corrected chi connectivity index (χ0v) is 15.6. The first-order valence-corrected chi connectivity index (χ1v) is 8.58. The van der Waals surface area contributed by atoms with Crippen molar-refractivity contribution in [1.29, 1.82) is 0 Å². The number of aryl methyl sites for hydroxylation is 1.